The SMILES string of the molecule is Cc1nc(CCCNC(=O)[C@H]2[C@@H]3C=C[C@@]4(CN(C)C(=O)[C@@H]24)O3)sc1C. The van der Waals surface area contributed by atoms with Gasteiger partial charge in [-0.15, -0.1) is 11.3 Å². The number of hydrogen-bond acceptors (Lipinski definition) is 5. The number of amides is 2. The average Bonchev–Trinajstić information content (AvgIpc) is 3.26. The Morgan fingerprint density at radius 1 is 1.52 bits per heavy atom. The summed E-state index contributed by atoms with van der Waals surface area (Å²) >= 11 is 1.72. The van der Waals surface area contributed by atoms with Gasteiger partial charge in [-0.05, 0) is 20.3 Å². The maximum atomic E-state index is 12.7. The van der Waals surface area contributed by atoms with Crippen LogP contribution in [-0.4, -0.2) is 53.5 Å². The molecule has 1 aromatic rings. The zero-order valence-corrected chi connectivity index (χ0v) is 15.6. The third-order valence-electron chi connectivity index (χ3n) is 5.53. The first-order valence-electron chi connectivity index (χ1n) is 8.74. The number of ether oxygens (including phenoxy) is 1. The van der Waals surface area contributed by atoms with Gasteiger partial charge in [0.1, 0.15) is 5.60 Å². The highest BCUT2D eigenvalue weighted by atomic mass is 32.1. The van der Waals surface area contributed by atoms with Crippen LogP contribution in [0.3, 0.4) is 0 Å². The number of carbonyl (C=O) groups is 2. The highest BCUT2D eigenvalue weighted by molar-refractivity contribution is 7.11. The van der Waals surface area contributed by atoms with Gasteiger partial charge in [0.25, 0.3) is 0 Å². The highest BCUT2D eigenvalue weighted by Gasteiger charge is 2.66. The zero-order valence-electron chi connectivity index (χ0n) is 14.7. The van der Waals surface area contributed by atoms with Crippen LogP contribution >= 0.6 is 11.3 Å². The number of nitrogens with one attached hydrogen (secondary N) is 1. The molecule has 2 amide bonds. The maximum absolute atomic E-state index is 12.7. The summed E-state index contributed by atoms with van der Waals surface area (Å²) in [4.78, 5) is 32.6. The third kappa shape index (κ3) is 2.60. The number of hydrogen-bond donors (Lipinski definition) is 1. The van der Waals surface area contributed by atoms with E-state index in [1.165, 1.54) is 4.88 Å². The molecule has 4 rings (SSSR count). The van der Waals surface area contributed by atoms with Crippen molar-refractivity contribution in [2.75, 3.05) is 20.1 Å². The number of rotatable bonds is 5. The topological polar surface area (TPSA) is 71.5 Å². The lowest BCUT2D eigenvalue weighted by atomic mass is 9.77. The first-order chi connectivity index (χ1) is 11.9. The van der Waals surface area contributed by atoms with Gasteiger partial charge in [-0.1, -0.05) is 12.2 Å². The molecule has 0 unspecified atom stereocenters. The Bertz CT molecular complexity index is 739. The summed E-state index contributed by atoms with van der Waals surface area (Å²) in [6.45, 7) is 5.22. The van der Waals surface area contributed by atoms with Gasteiger partial charge < -0.3 is 15.0 Å². The average molecular weight is 361 g/mol. The summed E-state index contributed by atoms with van der Waals surface area (Å²) in [5.41, 5.74) is 0.498. The number of likely N-dealkylation sites (N-methyl/N-ethyl adjacent to an activating group) is 1. The molecule has 4 heterocycles. The Morgan fingerprint density at radius 3 is 3.04 bits per heavy atom. The van der Waals surface area contributed by atoms with Crippen LogP contribution in [0, 0.1) is 25.7 Å². The Morgan fingerprint density at radius 2 is 2.32 bits per heavy atom. The minimum absolute atomic E-state index is 0.0146. The minimum Gasteiger partial charge on any atom is -0.360 e. The quantitative estimate of drug-likeness (QED) is 0.632. The molecule has 0 saturated carbocycles. The maximum Gasteiger partial charge on any atom is 0.229 e. The van der Waals surface area contributed by atoms with E-state index in [2.05, 4.69) is 17.2 Å². The predicted molar refractivity (Wildman–Crippen MR) is 94.3 cm³/mol. The molecular weight excluding hydrogens is 338 g/mol. The Kier molecular flexibility index (Phi) is 3.96. The van der Waals surface area contributed by atoms with Gasteiger partial charge in [0.05, 0.1) is 35.2 Å². The highest BCUT2D eigenvalue weighted by Crippen LogP contribution is 2.51. The van der Waals surface area contributed by atoms with Crippen LogP contribution in [0.15, 0.2) is 12.2 Å². The van der Waals surface area contributed by atoms with Crippen LogP contribution in [0.5, 0.6) is 0 Å². The van der Waals surface area contributed by atoms with E-state index in [1.807, 2.05) is 19.1 Å². The molecule has 7 heteroatoms. The van der Waals surface area contributed by atoms with Gasteiger partial charge in [0.15, 0.2) is 0 Å². The van der Waals surface area contributed by atoms with Crippen molar-refractivity contribution in [3.63, 3.8) is 0 Å². The standard InChI is InChI=1S/C18H23N3O3S/c1-10-11(2)25-13(20-10)5-4-8-19-16(22)14-12-6-7-18(24-12)9-21(3)17(23)15(14)18/h6-7,12,14-15H,4-5,8-9H2,1-3H3,(H,19,22)/t12-,14-,15+,18-/m0/s1. The van der Waals surface area contributed by atoms with E-state index >= 15 is 0 Å². The molecule has 3 aliphatic rings. The Hall–Kier alpha value is -1.73. The van der Waals surface area contributed by atoms with Crippen molar-refractivity contribution in [3.8, 4) is 0 Å². The van der Waals surface area contributed by atoms with Crippen molar-refractivity contribution < 1.29 is 14.3 Å². The Labute approximate surface area is 151 Å². The summed E-state index contributed by atoms with van der Waals surface area (Å²) in [5.74, 6) is -0.847. The fraction of sp³-hybridized carbons (Fsp3) is 0.611. The van der Waals surface area contributed by atoms with E-state index in [-0.39, 0.29) is 23.8 Å². The van der Waals surface area contributed by atoms with Gasteiger partial charge in [-0.25, -0.2) is 4.98 Å². The number of fused-ring (bicyclic) bond motifs is 1. The smallest absolute Gasteiger partial charge is 0.229 e. The minimum atomic E-state index is -0.589. The molecule has 1 N–H and O–H groups in total. The number of thiazole rings is 1. The van der Waals surface area contributed by atoms with E-state index in [4.69, 9.17) is 4.74 Å². The van der Waals surface area contributed by atoms with Crippen LogP contribution in [0.1, 0.15) is 22.0 Å². The number of nitrogens with zero attached hydrogens (tertiary/aromatic N) is 2. The first-order valence-corrected chi connectivity index (χ1v) is 9.56. The van der Waals surface area contributed by atoms with Crippen molar-refractivity contribution in [1.29, 1.82) is 0 Å². The fourth-order valence-corrected chi connectivity index (χ4v) is 5.18. The van der Waals surface area contributed by atoms with E-state index in [0.717, 1.165) is 23.5 Å². The normalized spacial score (nSPS) is 32.5. The van der Waals surface area contributed by atoms with Crippen molar-refractivity contribution in [2.45, 2.75) is 38.4 Å². The van der Waals surface area contributed by atoms with Crippen LogP contribution in [0.4, 0.5) is 0 Å². The second kappa shape index (κ2) is 5.92. The lowest BCUT2D eigenvalue weighted by molar-refractivity contribution is -0.136. The van der Waals surface area contributed by atoms with Gasteiger partial charge >= 0.3 is 0 Å². The molecule has 25 heavy (non-hydrogen) atoms. The van der Waals surface area contributed by atoms with E-state index in [9.17, 15) is 9.59 Å². The number of likely N-dealkylation sites (tertiary alicyclic amines) is 1. The molecule has 4 atom stereocenters. The molecule has 2 bridgehead atoms. The Balaban J connectivity index is 1.34. The fourth-order valence-electron chi connectivity index (χ4n) is 4.21. The summed E-state index contributed by atoms with van der Waals surface area (Å²) in [7, 11) is 1.77. The molecule has 3 aliphatic heterocycles. The van der Waals surface area contributed by atoms with Gasteiger partial charge in [0, 0.05) is 24.9 Å². The number of aromatic nitrogens is 1. The third-order valence-corrected chi connectivity index (χ3v) is 6.66. The van der Waals surface area contributed by atoms with Gasteiger partial charge in [-0.2, -0.15) is 0 Å². The predicted octanol–water partition coefficient (Wildman–Crippen LogP) is 1.22. The first kappa shape index (κ1) is 16.7. The van der Waals surface area contributed by atoms with Crippen LogP contribution in [0.2, 0.25) is 0 Å². The molecule has 2 saturated heterocycles. The van der Waals surface area contributed by atoms with Crippen LogP contribution in [-0.2, 0) is 20.7 Å². The van der Waals surface area contributed by atoms with E-state index in [0.29, 0.717) is 13.1 Å². The largest absolute Gasteiger partial charge is 0.360 e. The van der Waals surface area contributed by atoms with E-state index in [1.54, 1.807) is 23.3 Å². The molecular formula is C18H23N3O3S. The van der Waals surface area contributed by atoms with Crippen LogP contribution < -0.4 is 5.32 Å². The summed E-state index contributed by atoms with van der Waals surface area (Å²) < 4.78 is 6.01. The molecule has 0 aliphatic carbocycles. The number of aryl methyl sites for hydroxylation is 3. The van der Waals surface area contributed by atoms with Crippen molar-refractivity contribution >= 4 is 23.2 Å². The zero-order chi connectivity index (χ0) is 17.8. The second-order valence-electron chi connectivity index (χ2n) is 7.24. The molecule has 134 valence electrons. The van der Waals surface area contributed by atoms with Crippen molar-refractivity contribution in [3.05, 3.63) is 27.7 Å². The second-order valence-corrected chi connectivity index (χ2v) is 8.53. The molecule has 1 aromatic heterocycles. The van der Waals surface area contributed by atoms with Gasteiger partial charge in [-0.3, -0.25) is 9.59 Å². The lowest BCUT2D eigenvalue weighted by Crippen LogP contribution is -2.44. The lowest BCUT2D eigenvalue weighted by Gasteiger charge is -2.23. The molecule has 2 fully saturated rings. The molecule has 6 nitrogen and oxygen atoms in total. The summed E-state index contributed by atoms with van der Waals surface area (Å²) in [6.07, 6.45) is 5.34. The summed E-state index contributed by atoms with van der Waals surface area (Å²) in [6, 6.07) is 0. The molecule has 0 radical (unpaired) electrons. The monoisotopic (exact) mass is 361 g/mol. The van der Waals surface area contributed by atoms with E-state index < -0.39 is 11.5 Å². The van der Waals surface area contributed by atoms with Gasteiger partial charge in [0.2, 0.25) is 11.8 Å². The van der Waals surface area contributed by atoms with Crippen LogP contribution in [0.25, 0.3) is 0 Å². The molecule has 1 spiro atoms. The van der Waals surface area contributed by atoms with Crippen molar-refractivity contribution in [2.24, 2.45) is 11.8 Å². The summed E-state index contributed by atoms with van der Waals surface area (Å²) in [5, 5.41) is 4.11. The molecule has 0 aromatic carbocycles. The number of carbonyl (C=O) groups excluding carboxylic acids is 2. The van der Waals surface area contributed by atoms with Crippen molar-refractivity contribution in [1.82, 2.24) is 15.2 Å².